The molecule has 142 valence electrons. The second-order valence-electron chi connectivity index (χ2n) is 6.66. The predicted molar refractivity (Wildman–Crippen MR) is 96.8 cm³/mol. The standard InChI is InChI=1S/C17H24N4O5/c1-11(2)8-12(10-18)19-16(22)4-3-7-20-14-6-5-13(21(24)25)9-15(14)26-17(20)23/h5-6,9,11-12H,3-4,7-8,10,18H2,1-2H3,(H,19,22). The van der Waals surface area contributed by atoms with E-state index in [1.54, 1.807) is 0 Å². The number of oxazole rings is 1. The minimum atomic E-state index is -0.597. The molecular formula is C17H24N4O5. The van der Waals surface area contributed by atoms with Crippen LogP contribution in [0.15, 0.2) is 27.4 Å². The van der Waals surface area contributed by atoms with Crippen molar-refractivity contribution in [3.63, 3.8) is 0 Å². The number of carbonyl (C=O) groups is 1. The Morgan fingerprint density at radius 3 is 2.77 bits per heavy atom. The van der Waals surface area contributed by atoms with Crippen LogP contribution in [0.3, 0.4) is 0 Å². The average Bonchev–Trinajstić information content (AvgIpc) is 2.88. The highest BCUT2D eigenvalue weighted by Crippen LogP contribution is 2.20. The highest BCUT2D eigenvalue weighted by molar-refractivity contribution is 5.77. The summed E-state index contributed by atoms with van der Waals surface area (Å²) in [5.41, 5.74) is 6.16. The first-order chi connectivity index (χ1) is 12.3. The molecule has 1 amide bonds. The van der Waals surface area contributed by atoms with Crippen molar-refractivity contribution >= 4 is 22.7 Å². The Hall–Kier alpha value is -2.68. The van der Waals surface area contributed by atoms with Crippen LogP contribution in [0, 0.1) is 16.0 Å². The van der Waals surface area contributed by atoms with Gasteiger partial charge >= 0.3 is 5.76 Å². The zero-order valence-corrected chi connectivity index (χ0v) is 14.9. The third-order valence-corrected chi connectivity index (χ3v) is 4.05. The Morgan fingerprint density at radius 2 is 2.15 bits per heavy atom. The first kappa shape index (κ1) is 19.6. The van der Waals surface area contributed by atoms with Gasteiger partial charge in [0, 0.05) is 31.6 Å². The molecule has 1 unspecified atom stereocenters. The van der Waals surface area contributed by atoms with Gasteiger partial charge in [0.05, 0.1) is 16.5 Å². The third-order valence-electron chi connectivity index (χ3n) is 4.05. The second-order valence-corrected chi connectivity index (χ2v) is 6.66. The van der Waals surface area contributed by atoms with Crippen molar-refractivity contribution in [2.24, 2.45) is 11.7 Å². The predicted octanol–water partition coefficient (Wildman–Crippen LogP) is 1.77. The molecule has 0 aliphatic carbocycles. The van der Waals surface area contributed by atoms with Crippen LogP contribution in [0.1, 0.15) is 33.1 Å². The molecule has 2 aromatic rings. The zero-order chi connectivity index (χ0) is 19.3. The molecule has 0 aliphatic heterocycles. The molecule has 0 radical (unpaired) electrons. The Morgan fingerprint density at radius 1 is 1.42 bits per heavy atom. The molecule has 0 fully saturated rings. The van der Waals surface area contributed by atoms with E-state index in [9.17, 15) is 19.7 Å². The Labute approximate surface area is 150 Å². The Kier molecular flexibility index (Phi) is 6.51. The molecule has 9 heteroatoms. The van der Waals surface area contributed by atoms with Gasteiger partial charge in [-0.2, -0.15) is 0 Å². The van der Waals surface area contributed by atoms with Gasteiger partial charge in [-0.25, -0.2) is 4.79 Å². The SMILES string of the molecule is CC(C)CC(CN)NC(=O)CCCn1c(=O)oc2cc([N+](=O)[O-])ccc21. The summed E-state index contributed by atoms with van der Waals surface area (Å²) in [5, 5.41) is 13.7. The molecule has 0 bridgehead atoms. The summed E-state index contributed by atoms with van der Waals surface area (Å²) in [7, 11) is 0. The van der Waals surface area contributed by atoms with E-state index in [2.05, 4.69) is 19.2 Å². The topological polar surface area (TPSA) is 133 Å². The molecule has 0 saturated heterocycles. The number of nitro groups is 1. The number of aryl methyl sites for hydroxylation is 1. The molecule has 26 heavy (non-hydrogen) atoms. The van der Waals surface area contributed by atoms with Crippen molar-refractivity contribution < 1.29 is 14.1 Å². The number of carbonyl (C=O) groups excluding carboxylic acids is 1. The average molecular weight is 364 g/mol. The van der Waals surface area contributed by atoms with Crippen LogP contribution >= 0.6 is 0 Å². The number of nitro benzene ring substituents is 1. The number of benzene rings is 1. The van der Waals surface area contributed by atoms with E-state index >= 15 is 0 Å². The number of rotatable bonds is 9. The lowest BCUT2D eigenvalue weighted by atomic mass is 10.0. The lowest BCUT2D eigenvalue weighted by Crippen LogP contribution is -2.41. The molecule has 1 aromatic carbocycles. The number of amides is 1. The quantitative estimate of drug-likeness (QED) is 0.514. The molecule has 0 aliphatic rings. The fraction of sp³-hybridized carbons (Fsp3) is 0.529. The lowest BCUT2D eigenvalue weighted by molar-refractivity contribution is -0.384. The van der Waals surface area contributed by atoms with Crippen molar-refractivity contribution in [3.05, 3.63) is 38.9 Å². The summed E-state index contributed by atoms with van der Waals surface area (Å²) in [6.45, 7) is 4.80. The maximum Gasteiger partial charge on any atom is 0.419 e. The number of hydrogen-bond acceptors (Lipinski definition) is 6. The number of nitrogens with two attached hydrogens (primary N) is 1. The monoisotopic (exact) mass is 364 g/mol. The summed E-state index contributed by atoms with van der Waals surface area (Å²) in [6.07, 6.45) is 1.50. The van der Waals surface area contributed by atoms with Crippen LogP contribution in [0.5, 0.6) is 0 Å². The maximum atomic E-state index is 12.0. The van der Waals surface area contributed by atoms with E-state index in [1.165, 1.54) is 22.8 Å². The molecule has 3 N–H and O–H groups in total. The largest absolute Gasteiger partial charge is 0.419 e. The molecule has 9 nitrogen and oxygen atoms in total. The minimum absolute atomic E-state index is 0.0551. The van der Waals surface area contributed by atoms with Gasteiger partial charge in [-0.1, -0.05) is 13.8 Å². The fourth-order valence-corrected chi connectivity index (χ4v) is 2.86. The fourth-order valence-electron chi connectivity index (χ4n) is 2.86. The van der Waals surface area contributed by atoms with Crippen LogP contribution in [0.2, 0.25) is 0 Å². The van der Waals surface area contributed by atoms with Gasteiger partial charge in [0.2, 0.25) is 5.91 Å². The van der Waals surface area contributed by atoms with Crippen LogP contribution in [0.4, 0.5) is 5.69 Å². The van der Waals surface area contributed by atoms with Crippen molar-refractivity contribution in [2.75, 3.05) is 6.54 Å². The normalized spacial score (nSPS) is 12.5. The van der Waals surface area contributed by atoms with E-state index in [0.717, 1.165) is 6.42 Å². The first-order valence-corrected chi connectivity index (χ1v) is 8.59. The Balaban J connectivity index is 1.97. The van der Waals surface area contributed by atoms with Crippen LogP contribution < -0.4 is 16.8 Å². The van der Waals surface area contributed by atoms with Crippen molar-refractivity contribution in [2.45, 2.75) is 45.7 Å². The van der Waals surface area contributed by atoms with E-state index < -0.39 is 10.7 Å². The number of non-ortho nitro benzene ring substituents is 1. The summed E-state index contributed by atoms with van der Waals surface area (Å²) in [5.74, 6) is -0.276. The highest BCUT2D eigenvalue weighted by Gasteiger charge is 2.15. The third kappa shape index (κ3) is 4.92. The molecule has 1 heterocycles. The molecule has 1 aromatic heterocycles. The van der Waals surface area contributed by atoms with Gasteiger partial charge in [-0.3, -0.25) is 19.5 Å². The zero-order valence-electron chi connectivity index (χ0n) is 14.9. The maximum absolute atomic E-state index is 12.0. The van der Waals surface area contributed by atoms with Crippen molar-refractivity contribution in [1.82, 2.24) is 9.88 Å². The molecule has 1 atom stereocenters. The minimum Gasteiger partial charge on any atom is -0.407 e. The number of nitrogens with zero attached hydrogens (tertiary/aromatic N) is 2. The van der Waals surface area contributed by atoms with E-state index in [0.29, 0.717) is 24.4 Å². The van der Waals surface area contributed by atoms with Crippen LogP contribution in [-0.4, -0.2) is 28.0 Å². The van der Waals surface area contributed by atoms with Crippen LogP contribution in [0.25, 0.3) is 11.1 Å². The van der Waals surface area contributed by atoms with E-state index in [1.807, 2.05) is 0 Å². The summed E-state index contributed by atoms with van der Waals surface area (Å²) in [6, 6.07) is 3.96. The van der Waals surface area contributed by atoms with Gasteiger partial charge in [-0.05, 0) is 24.8 Å². The van der Waals surface area contributed by atoms with E-state index in [4.69, 9.17) is 10.2 Å². The first-order valence-electron chi connectivity index (χ1n) is 8.59. The lowest BCUT2D eigenvalue weighted by Gasteiger charge is -2.18. The van der Waals surface area contributed by atoms with Gasteiger partial charge in [0.1, 0.15) is 0 Å². The van der Waals surface area contributed by atoms with Crippen molar-refractivity contribution in [3.8, 4) is 0 Å². The van der Waals surface area contributed by atoms with Gasteiger partial charge < -0.3 is 15.5 Å². The van der Waals surface area contributed by atoms with Crippen LogP contribution in [-0.2, 0) is 11.3 Å². The number of hydrogen-bond donors (Lipinski definition) is 2. The number of fused-ring (bicyclic) bond motifs is 1. The highest BCUT2D eigenvalue weighted by atomic mass is 16.6. The molecule has 0 spiro atoms. The summed E-state index contributed by atoms with van der Waals surface area (Å²) >= 11 is 0. The Bertz CT molecular complexity index is 839. The van der Waals surface area contributed by atoms with Crippen molar-refractivity contribution in [1.29, 1.82) is 0 Å². The molecule has 0 saturated carbocycles. The van der Waals surface area contributed by atoms with Gasteiger partial charge in [0.15, 0.2) is 5.58 Å². The van der Waals surface area contributed by atoms with Gasteiger partial charge in [0.25, 0.3) is 5.69 Å². The smallest absolute Gasteiger partial charge is 0.407 e. The molecular weight excluding hydrogens is 340 g/mol. The summed E-state index contributed by atoms with van der Waals surface area (Å²) in [4.78, 5) is 34.2. The van der Waals surface area contributed by atoms with E-state index in [-0.39, 0.29) is 36.2 Å². The summed E-state index contributed by atoms with van der Waals surface area (Å²) < 4.78 is 6.43. The number of aromatic nitrogens is 1. The molecule has 2 rings (SSSR count). The second kappa shape index (κ2) is 8.61. The van der Waals surface area contributed by atoms with Gasteiger partial charge in [-0.15, -0.1) is 0 Å². The number of nitrogens with one attached hydrogen (secondary N) is 1.